The number of hydrogen-bond acceptors (Lipinski definition) is 3. The van der Waals surface area contributed by atoms with Gasteiger partial charge in [-0.25, -0.2) is 0 Å². The summed E-state index contributed by atoms with van der Waals surface area (Å²) >= 11 is 5.48. The van der Waals surface area contributed by atoms with E-state index in [-0.39, 0.29) is 6.04 Å². The van der Waals surface area contributed by atoms with Crippen LogP contribution >= 0.6 is 27.3 Å². The van der Waals surface area contributed by atoms with Crippen molar-refractivity contribution in [2.45, 2.75) is 39.8 Å². The molecule has 2 aromatic heterocycles. The Hall–Kier alpha value is -0.650. The van der Waals surface area contributed by atoms with Gasteiger partial charge in [-0.15, -0.1) is 11.3 Å². The summed E-state index contributed by atoms with van der Waals surface area (Å²) in [6, 6.07) is 4.61. The molecule has 1 atom stereocenters. The molecule has 2 heterocycles. The highest BCUT2D eigenvalue weighted by Crippen LogP contribution is 2.32. The molecule has 19 heavy (non-hydrogen) atoms. The van der Waals surface area contributed by atoms with Crippen LogP contribution in [0, 0.1) is 6.92 Å². The maximum Gasteiger partial charge on any atom is 0.0853 e. The third-order valence-corrected chi connectivity index (χ3v) is 4.73. The highest BCUT2D eigenvalue weighted by Gasteiger charge is 2.22. The Balaban J connectivity index is 2.39. The number of thiophene rings is 1. The Bertz CT molecular complexity index is 533. The van der Waals surface area contributed by atoms with Crippen LogP contribution in [0.5, 0.6) is 0 Å². The standard InChI is InChI=1S/C14H20BrN3S/c1-4-8-16-13(12-7-6-10(3)19-12)14-11(15)9-17-18(14)5-2/h6-7,9,13,16H,4-5,8H2,1-3H3. The molecule has 5 heteroatoms. The van der Waals surface area contributed by atoms with Crippen LogP contribution in [0.3, 0.4) is 0 Å². The fourth-order valence-electron chi connectivity index (χ4n) is 2.14. The van der Waals surface area contributed by atoms with E-state index in [4.69, 9.17) is 0 Å². The minimum absolute atomic E-state index is 0.218. The van der Waals surface area contributed by atoms with E-state index in [1.165, 1.54) is 15.4 Å². The molecular formula is C14H20BrN3S. The molecule has 0 saturated heterocycles. The van der Waals surface area contributed by atoms with Gasteiger partial charge < -0.3 is 5.32 Å². The van der Waals surface area contributed by atoms with Crippen molar-refractivity contribution in [3.63, 3.8) is 0 Å². The maximum atomic E-state index is 4.43. The number of halogens is 1. The van der Waals surface area contributed by atoms with Gasteiger partial charge in [0, 0.05) is 16.3 Å². The molecule has 104 valence electrons. The van der Waals surface area contributed by atoms with E-state index in [0.29, 0.717) is 0 Å². The zero-order valence-corrected chi connectivity index (χ0v) is 14.0. The Morgan fingerprint density at radius 1 is 1.42 bits per heavy atom. The van der Waals surface area contributed by atoms with Gasteiger partial charge >= 0.3 is 0 Å². The molecule has 0 aliphatic carbocycles. The summed E-state index contributed by atoms with van der Waals surface area (Å²) in [5, 5.41) is 8.07. The molecule has 2 aromatic rings. The minimum atomic E-state index is 0.218. The molecule has 1 N–H and O–H groups in total. The van der Waals surface area contributed by atoms with Crippen LogP contribution in [-0.2, 0) is 6.54 Å². The summed E-state index contributed by atoms with van der Waals surface area (Å²) < 4.78 is 3.14. The largest absolute Gasteiger partial charge is 0.304 e. The first-order chi connectivity index (χ1) is 9.17. The number of nitrogens with zero attached hydrogens (tertiary/aromatic N) is 2. The molecule has 2 rings (SSSR count). The van der Waals surface area contributed by atoms with Gasteiger partial charge in [0.25, 0.3) is 0 Å². The first-order valence-corrected chi connectivity index (χ1v) is 8.29. The Kier molecular flexibility index (Phi) is 5.19. The molecule has 0 saturated carbocycles. The highest BCUT2D eigenvalue weighted by atomic mass is 79.9. The zero-order valence-electron chi connectivity index (χ0n) is 11.6. The highest BCUT2D eigenvalue weighted by molar-refractivity contribution is 9.10. The lowest BCUT2D eigenvalue weighted by atomic mass is 10.1. The number of nitrogens with one attached hydrogen (secondary N) is 1. The quantitative estimate of drug-likeness (QED) is 0.856. The maximum absolute atomic E-state index is 4.43. The van der Waals surface area contributed by atoms with E-state index in [1.807, 2.05) is 17.5 Å². The van der Waals surface area contributed by atoms with Gasteiger partial charge in [0.1, 0.15) is 0 Å². The lowest BCUT2D eigenvalue weighted by molar-refractivity contribution is 0.533. The first kappa shape index (κ1) is 14.8. The third-order valence-electron chi connectivity index (χ3n) is 3.05. The normalized spacial score (nSPS) is 12.8. The van der Waals surface area contributed by atoms with Crippen LogP contribution < -0.4 is 5.32 Å². The van der Waals surface area contributed by atoms with Crippen LogP contribution in [0.25, 0.3) is 0 Å². The summed E-state index contributed by atoms with van der Waals surface area (Å²) in [7, 11) is 0. The SMILES string of the molecule is CCCNC(c1ccc(C)s1)c1c(Br)cnn1CC. The molecule has 3 nitrogen and oxygen atoms in total. The van der Waals surface area contributed by atoms with Crippen molar-refractivity contribution in [3.05, 3.63) is 38.3 Å². The topological polar surface area (TPSA) is 29.9 Å². The molecule has 0 spiro atoms. The van der Waals surface area contributed by atoms with Gasteiger partial charge in [-0.1, -0.05) is 6.92 Å². The summed E-state index contributed by atoms with van der Waals surface area (Å²) in [6.45, 7) is 8.35. The second-order valence-corrected chi connectivity index (χ2v) is 6.70. The number of aryl methyl sites for hydroxylation is 2. The van der Waals surface area contributed by atoms with E-state index in [2.05, 4.69) is 63.9 Å². The summed E-state index contributed by atoms with van der Waals surface area (Å²) in [5.74, 6) is 0. The molecule has 0 amide bonds. The third kappa shape index (κ3) is 3.27. The van der Waals surface area contributed by atoms with Crippen molar-refractivity contribution in [1.29, 1.82) is 0 Å². The molecule has 0 aromatic carbocycles. The van der Waals surface area contributed by atoms with Crippen molar-refractivity contribution in [2.75, 3.05) is 6.54 Å². The van der Waals surface area contributed by atoms with Crippen molar-refractivity contribution in [1.82, 2.24) is 15.1 Å². The smallest absolute Gasteiger partial charge is 0.0853 e. The first-order valence-electron chi connectivity index (χ1n) is 6.68. The van der Waals surface area contributed by atoms with Gasteiger partial charge in [-0.3, -0.25) is 4.68 Å². The van der Waals surface area contributed by atoms with Crippen molar-refractivity contribution in [2.24, 2.45) is 0 Å². The van der Waals surface area contributed by atoms with E-state index in [0.717, 1.165) is 24.0 Å². The molecule has 0 radical (unpaired) electrons. The second-order valence-electron chi connectivity index (χ2n) is 4.53. The second kappa shape index (κ2) is 6.68. The van der Waals surface area contributed by atoms with Gasteiger partial charge in [0.05, 0.1) is 22.4 Å². The molecular weight excluding hydrogens is 322 g/mol. The van der Waals surface area contributed by atoms with Gasteiger partial charge in [-0.05, 0) is 54.9 Å². The molecule has 1 unspecified atom stereocenters. The van der Waals surface area contributed by atoms with Crippen LogP contribution in [-0.4, -0.2) is 16.3 Å². The van der Waals surface area contributed by atoms with E-state index in [9.17, 15) is 0 Å². The van der Waals surface area contributed by atoms with Crippen molar-refractivity contribution < 1.29 is 0 Å². The lowest BCUT2D eigenvalue weighted by Crippen LogP contribution is -2.25. The van der Waals surface area contributed by atoms with Crippen LogP contribution in [0.4, 0.5) is 0 Å². The summed E-state index contributed by atoms with van der Waals surface area (Å²) in [4.78, 5) is 2.69. The molecule has 0 aliphatic heterocycles. The average molecular weight is 342 g/mol. The minimum Gasteiger partial charge on any atom is -0.304 e. The monoisotopic (exact) mass is 341 g/mol. The number of hydrogen-bond donors (Lipinski definition) is 1. The predicted octanol–water partition coefficient (Wildman–Crippen LogP) is 4.12. The molecule has 0 fully saturated rings. The molecule has 0 bridgehead atoms. The molecule has 0 aliphatic rings. The number of aromatic nitrogens is 2. The van der Waals surface area contributed by atoms with Crippen molar-refractivity contribution in [3.8, 4) is 0 Å². The van der Waals surface area contributed by atoms with E-state index >= 15 is 0 Å². The van der Waals surface area contributed by atoms with Gasteiger partial charge in [0.15, 0.2) is 0 Å². The Morgan fingerprint density at radius 2 is 2.21 bits per heavy atom. The summed E-state index contributed by atoms with van der Waals surface area (Å²) in [6.07, 6.45) is 3.01. The van der Waals surface area contributed by atoms with Gasteiger partial charge in [0.2, 0.25) is 0 Å². The lowest BCUT2D eigenvalue weighted by Gasteiger charge is -2.19. The fraction of sp³-hybridized carbons (Fsp3) is 0.500. The van der Waals surface area contributed by atoms with Crippen LogP contribution in [0.2, 0.25) is 0 Å². The Morgan fingerprint density at radius 3 is 2.79 bits per heavy atom. The zero-order chi connectivity index (χ0) is 13.8. The van der Waals surface area contributed by atoms with Gasteiger partial charge in [-0.2, -0.15) is 5.10 Å². The predicted molar refractivity (Wildman–Crippen MR) is 84.8 cm³/mol. The number of rotatable bonds is 6. The van der Waals surface area contributed by atoms with E-state index in [1.54, 1.807) is 0 Å². The van der Waals surface area contributed by atoms with Crippen molar-refractivity contribution >= 4 is 27.3 Å². The van der Waals surface area contributed by atoms with Crippen LogP contribution in [0.1, 0.15) is 41.8 Å². The Labute approximate surface area is 127 Å². The van der Waals surface area contributed by atoms with Crippen LogP contribution in [0.15, 0.2) is 22.8 Å². The van der Waals surface area contributed by atoms with E-state index < -0.39 is 0 Å². The fourth-order valence-corrected chi connectivity index (χ4v) is 3.62. The summed E-state index contributed by atoms with van der Waals surface area (Å²) in [5.41, 5.74) is 1.22. The average Bonchev–Trinajstić information content (AvgIpc) is 2.98.